The molecule has 1 heterocycles. The zero-order chi connectivity index (χ0) is 10.3. The molecule has 2 saturated carbocycles. The minimum Gasteiger partial charge on any atom is -0.393 e. The van der Waals surface area contributed by atoms with Gasteiger partial charge >= 0.3 is 0 Å². The van der Waals surface area contributed by atoms with Gasteiger partial charge in [0.15, 0.2) is 0 Å². The third kappa shape index (κ3) is 2.07. The lowest BCUT2D eigenvalue weighted by molar-refractivity contribution is 0.0748. The number of rotatable bonds is 2. The van der Waals surface area contributed by atoms with Gasteiger partial charge in [0.1, 0.15) is 0 Å². The van der Waals surface area contributed by atoms with Gasteiger partial charge in [0, 0.05) is 19.1 Å². The molecule has 2 unspecified atom stereocenters. The number of aliphatic hydroxyl groups excluding tert-OH is 1. The van der Waals surface area contributed by atoms with E-state index in [2.05, 4.69) is 4.90 Å². The van der Waals surface area contributed by atoms with Gasteiger partial charge in [-0.2, -0.15) is 0 Å². The fraction of sp³-hybridized carbons (Fsp3) is 1.00. The van der Waals surface area contributed by atoms with E-state index >= 15 is 0 Å². The molecule has 2 heteroatoms. The second kappa shape index (κ2) is 4.06. The summed E-state index contributed by atoms with van der Waals surface area (Å²) in [4.78, 5) is 2.65. The molecule has 0 aromatic carbocycles. The van der Waals surface area contributed by atoms with Crippen molar-refractivity contribution in [2.75, 3.05) is 13.1 Å². The highest BCUT2D eigenvalue weighted by atomic mass is 16.3. The molecule has 3 fully saturated rings. The number of hydrogen-bond acceptors (Lipinski definition) is 2. The Labute approximate surface area is 92.7 Å². The van der Waals surface area contributed by atoms with Gasteiger partial charge in [-0.05, 0) is 31.1 Å². The minimum absolute atomic E-state index is 0.00932. The van der Waals surface area contributed by atoms with Gasteiger partial charge in [-0.15, -0.1) is 0 Å². The van der Waals surface area contributed by atoms with Gasteiger partial charge < -0.3 is 5.11 Å². The standard InChI is InChI=1S/C13H23NO/c15-11-5-7-14(8-6-11)13-9-12(13)10-3-1-2-4-10/h10-13,15H,1-9H2. The normalized spacial score (nSPS) is 39.8. The molecule has 3 aliphatic rings. The van der Waals surface area contributed by atoms with Crippen molar-refractivity contribution >= 4 is 0 Å². The van der Waals surface area contributed by atoms with E-state index in [4.69, 9.17) is 0 Å². The average molecular weight is 209 g/mol. The van der Waals surface area contributed by atoms with Crippen LogP contribution in [0.5, 0.6) is 0 Å². The second-order valence-electron chi connectivity index (χ2n) is 5.78. The smallest absolute Gasteiger partial charge is 0.0564 e. The van der Waals surface area contributed by atoms with Crippen LogP contribution in [0.2, 0.25) is 0 Å². The fourth-order valence-corrected chi connectivity index (χ4v) is 3.73. The Morgan fingerprint density at radius 2 is 1.60 bits per heavy atom. The lowest BCUT2D eigenvalue weighted by atomic mass is 10.0. The SMILES string of the molecule is OC1CCN(C2CC2C2CCCC2)CC1. The summed E-state index contributed by atoms with van der Waals surface area (Å²) in [5, 5.41) is 9.48. The van der Waals surface area contributed by atoms with Crippen LogP contribution >= 0.6 is 0 Å². The molecule has 0 aromatic heterocycles. The van der Waals surface area contributed by atoms with Crippen LogP contribution in [0.4, 0.5) is 0 Å². The summed E-state index contributed by atoms with van der Waals surface area (Å²) in [5.74, 6) is 2.09. The molecule has 0 spiro atoms. The van der Waals surface area contributed by atoms with E-state index in [0.717, 1.165) is 43.8 Å². The Morgan fingerprint density at radius 1 is 0.933 bits per heavy atom. The molecule has 3 rings (SSSR count). The first-order valence-electron chi connectivity index (χ1n) is 6.77. The fourth-order valence-electron chi connectivity index (χ4n) is 3.73. The quantitative estimate of drug-likeness (QED) is 0.752. The zero-order valence-corrected chi connectivity index (χ0v) is 9.57. The number of likely N-dealkylation sites (tertiary alicyclic amines) is 1. The van der Waals surface area contributed by atoms with E-state index in [9.17, 15) is 5.11 Å². The van der Waals surface area contributed by atoms with Crippen molar-refractivity contribution in [3.05, 3.63) is 0 Å². The van der Waals surface area contributed by atoms with Crippen LogP contribution in [0.15, 0.2) is 0 Å². The maximum atomic E-state index is 9.48. The highest BCUT2D eigenvalue weighted by molar-refractivity contribution is 5.00. The summed E-state index contributed by atoms with van der Waals surface area (Å²) < 4.78 is 0. The Hall–Kier alpha value is -0.0800. The van der Waals surface area contributed by atoms with Crippen LogP contribution < -0.4 is 0 Å². The van der Waals surface area contributed by atoms with E-state index in [1.54, 1.807) is 0 Å². The third-order valence-corrected chi connectivity index (χ3v) is 4.78. The maximum Gasteiger partial charge on any atom is 0.0564 e. The molecule has 0 aromatic rings. The van der Waals surface area contributed by atoms with Gasteiger partial charge in [-0.1, -0.05) is 25.7 Å². The summed E-state index contributed by atoms with van der Waals surface area (Å²) in [7, 11) is 0. The van der Waals surface area contributed by atoms with E-state index < -0.39 is 0 Å². The molecule has 1 N–H and O–H groups in total. The van der Waals surface area contributed by atoms with Crippen LogP contribution in [0, 0.1) is 11.8 Å². The number of piperidine rings is 1. The van der Waals surface area contributed by atoms with Crippen molar-refractivity contribution in [1.82, 2.24) is 4.90 Å². The van der Waals surface area contributed by atoms with Crippen molar-refractivity contribution in [1.29, 1.82) is 0 Å². The lowest BCUT2D eigenvalue weighted by Crippen LogP contribution is -2.38. The summed E-state index contributed by atoms with van der Waals surface area (Å²) >= 11 is 0. The molecule has 0 bridgehead atoms. The van der Waals surface area contributed by atoms with Crippen molar-refractivity contribution in [2.45, 2.75) is 57.1 Å². The molecule has 0 radical (unpaired) electrons. The largest absolute Gasteiger partial charge is 0.393 e. The van der Waals surface area contributed by atoms with Gasteiger partial charge in [0.05, 0.1) is 6.10 Å². The predicted molar refractivity (Wildman–Crippen MR) is 60.7 cm³/mol. The maximum absolute atomic E-state index is 9.48. The molecule has 15 heavy (non-hydrogen) atoms. The Kier molecular flexibility index (Phi) is 2.73. The van der Waals surface area contributed by atoms with Crippen LogP contribution in [0.25, 0.3) is 0 Å². The summed E-state index contributed by atoms with van der Waals surface area (Å²) in [6.45, 7) is 2.30. The molecular weight excluding hydrogens is 186 g/mol. The van der Waals surface area contributed by atoms with E-state index in [1.807, 2.05) is 0 Å². The van der Waals surface area contributed by atoms with Gasteiger partial charge in [0.2, 0.25) is 0 Å². The Morgan fingerprint density at radius 3 is 2.27 bits per heavy atom. The monoisotopic (exact) mass is 209 g/mol. The number of hydrogen-bond donors (Lipinski definition) is 1. The molecule has 86 valence electrons. The topological polar surface area (TPSA) is 23.5 Å². The molecule has 2 aliphatic carbocycles. The van der Waals surface area contributed by atoms with Crippen molar-refractivity contribution in [2.24, 2.45) is 11.8 Å². The van der Waals surface area contributed by atoms with Crippen molar-refractivity contribution < 1.29 is 5.11 Å². The van der Waals surface area contributed by atoms with Crippen molar-refractivity contribution in [3.8, 4) is 0 Å². The van der Waals surface area contributed by atoms with E-state index in [1.165, 1.54) is 32.1 Å². The molecule has 1 saturated heterocycles. The molecule has 2 atom stereocenters. The van der Waals surface area contributed by atoms with Crippen LogP contribution in [0.1, 0.15) is 44.9 Å². The Balaban J connectivity index is 1.49. The third-order valence-electron chi connectivity index (χ3n) is 4.78. The zero-order valence-electron chi connectivity index (χ0n) is 9.57. The summed E-state index contributed by atoms with van der Waals surface area (Å²) in [5.41, 5.74) is 0. The highest BCUT2D eigenvalue weighted by Gasteiger charge is 2.47. The molecule has 1 aliphatic heterocycles. The predicted octanol–water partition coefficient (Wildman–Crippen LogP) is 2.02. The first-order valence-corrected chi connectivity index (χ1v) is 6.77. The van der Waals surface area contributed by atoms with Crippen LogP contribution in [-0.2, 0) is 0 Å². The van der Waals surface area contributed by atoms with Gasteiger partial charge in [0.25, 0.3) is 0 Å². The van der Waals surface area contributed by atoms with Crippen LogP contribution in [-0.4, -0.2) is 35.2 Å². The van der Waals surface area contributed by atoms with Crippen LogP contribution in [0.3, 0.4) is 0 Å². The van der Waals surface area contributed by atoms with Gasteiger partial charge in [-0.25, -0.2) is 0 Å². The number of nitrogens with zero attached hydrogens (tertiary/aromatic N) is 1. The lowest BCUT2D eigenvalue weighted by Gasteiger charge is -2.30. The minimum atomic E-state index is -0.00932. The van der Waals surface area contributed by atoms with Gasteiger partial charge in [-0.3, -0.25) is 4.90 Å². The average Bonchev–Trinajstić information content (AvgIpc) is 2.87. The number of aliphatic hydroxyl groups is 1. The second-order valence-corrected chi connectivity index (χ2v) is 5.78. The molecular formula is C13H23NO. The first kappa shape index (κ1) is 10.1. The summed E-state index contributed by atoms with van der Waals surface area (Å²) in [6.07, 6.45) is 9.42. The summed E-state index contributed by atoms with van der Waals surface area (Å²) in [6, 6.07) is 0.903. The van der Waals surface area contributed by atoms with Crippen molar-refractivity contribution in [3.63, 3.8) is 0 Å². The van der Waals surface area contributed by atoms with E-state index in [0.29, 0.717) is 0 Å². The van der Waals surface area contributed by atoms with E-state index in [-0.39, 0.29) is 6.10 Å². The molecule has 0 amide bonds. The highest BCUT2D eigenvalue weighted by Crippen LogP contribution is 2.48. The first-order chi connectivity index (χ1) is 7.34. The molecule has 2 nitrogen and oxygen atoms in total. The Bertz CT molecular complexity index is 217.